The fourth-order valence-electron chi connectivity index (χ4n) is 1.95. The maximum Gasteiger partial charge on any atom is 0.320 e. The van der Waals surface area contributed by atoms with E-state index in [1.165, 1.54) is 0 Å². The fraction of sp³-hybridized carbons (Fsp3) is 0.278. The fourth-order valence-corrected chi connectivity index (χ4v) is 2.22. The van der Waals surface area contributed by atoms with Gasteiger partial charge in [0, 0.05) is 11.0 Å². The molecule has 0 amide bonds. The lowest BCUT2D eigenvalue weighted by molar-refractivity contribution is -0.143. The lowest BCUT2D eigenvalue weighted by atomic mass is 10.2. The average Bonchev–Trinajstić information content (AvgIpc) is 2.56. The quantitative estimate of drug-likeness (QED) is 0.714. The molecule has 1 unspecified atom stereocenters. The summed E-state index contributed by atoms with van der Waals surface area (Å²) < 4.78 is 11.9. The van der Waals surface area contributed by atoms with Crippen LogP contribution in [0.1, 0.15) is 12.5 Å². The number of carbonyl (C=O) groups excluding carboxylic acids is 1. The second kappa shape index (κ2) is 9.33. The van der Waals surface area contributed by atoms with Crippen LogP contribution in [-0.2, 0) is 16.1 Å². The molecule has 0 radical (unpaired) electrons. The molecule has 23 heavy (non-hydrogen) atoms. The van der Waals surface area contributed by atoms with E-state index >= 15 is 0 Å². The van der Waals surface area contributed by atoms with E-state index < -0.39 is 0 Å². The molecule has 0 heterocycles. The van der Waals surface area contributed by atoms with Crippen molar-refractivity contribution in [2.75, 3.05) is 13.1 Å². The number of hydrogen-bond acceptors (Lipinski definition) is 4. The Morgan fingerprint density at radius 2 is 1.83 bits per heavy atom. The Labute approximate surface area is 144 Å². The van der Waals surface area contributed by atoms with Crippen LogP contribution in [0.15, 0.2) is 59.1 Å². The number of benzene rings is 2. The molecule has 0 spiro atoms. The summed E-state index contributed by atoms with van der Waals surface area (Å²) >= 11 is 3.38. The van der Waals surface area contributed by atoms with E-state index in [2.05, 4.69) is 21.2 Å². The summed E-state index contributed by atoms with van der Waals surface area (Å²) in [6, 6.07) is 17.3. The topological polar surface area (TPSA) is 47.6 Å². The van der Waals surface area contributed by atoms with Crippen LogP contribution in [0.2, 0.25) is 0 Å². The maximum atomic E-state index is 11.7. The van der Waals surface area contributed by atoms with E-state index in [-0.39, 0.29) is 18.6 Å². The van der Waals surface area contributed by atoms with Gasteiger partial charge in [0.1, 0.15) is 18.5 Å². The van der Waals surface area contributed by atoms with Gasteiger partial charge < -0.3 is 14.8 Å². The normalized spacial score (nSPS) is 11.7. The summed E-state index contributed by atoms with van der Waals surface area (Å²) in [5.41, 5.74) is 0.979. The minimum absolute atomic E-state index is 0.0434. The number of rotatable bonds is 8. The summed E-state index contributed by atoms with van der Waals surface area (Å²) in [7, 11) is 0. The van der Waals surface area contributed by atoms with Crippen LogP contribution in [0.5, 0.6) is 5.75 Å². The zero-order valence-corrected chi connectivity index (χ0v) is 14.6. The van der Waals surface area contributed by atoms with Crippen molar-refractivity contribution in [2.45, 2.75) is 19.6 Å². The number of carbonyl (C=O) groups is 1. The predicted molar refractivity (Wildman–Crippen MR) is 93.3 cm³/mol. The zero-order chi connectivity index (χ0) is 16.5. The monoisotopic (exact) mass is 377 g/mol. The number of ether oxygens (including phenoxy) is 2. The van der Waals surface area contributed by atoms with Gasteiger partial charge in [-0.3, -0.25) is 4.79 Å². The molecule has 4 nitrogen and oxygen atoms in total. The van der Waals surface area contributed by atoms with Crippen LogP contribution in [0.4, 0.5) is 0 Å². The van der Waals surface area contributed by atoms with Gasteiger partial charge in [-0.15, -0.1) is 0 Å². The molecule has 0 aliphatic rings. The highest BCUT2D eigenvalue weighted by atomic mass is 79.9. The highest BCUT2D eigenvalue weighted by Crippen LogP contribution is 2.17. The standard InChI is InChI=1S/C18H20BrNO3/c1-14(23-17-9-7-16(19)8-10-17)11-20-12-18(21)22-13-15-5-3-2-4-6-15/h2-10,14,20H,11-13H2,1H3. The average molecular weight is 378 g/mol. The van der Waals surface area contributed by atoms with E-state index in [4.69, 9.17) is 9.47 Å². The van der Waals surface area contributed by atoms with Gasteiger partial charge in [-0.05, 0) is 36.8 Å². The highest BCUT2D eigenvalue weighted by Gasteiger charge is 2.07. The van der Waals surface area contributed by atoms with Crippen molar-refractivity contribution in [1.29, 1.82) is 0 Å². The van der Waals surface area contributed by atoms with Crippen LogP contribution in [0.25, 0.3) is 0 Å². The van der Waals surface area contributed by atoms with Gasteiger partial charge >= 0.3 is 5.97 Å². The minimum atomic E-state index is -0.273. The summed E-state index contributed by atoms with van der Waals surface area (Å²) in [6.07, 6.45) is -0.0434. The second-order valence-corrected chi connectivity index (χ2v) is 6.08. The van der Waals surface area contributed by atoms with Crippen molar-refractivity contribution in [2.24, 2.45) is 0 Å². The molecule has 122 valence electrons. The van der Waals surface area contributed by atoms with Crippen LogP contribution in [0.3, 0.4) is 0 Å². The van der Waals surface area contributed by atoms with Gasteiger partial charge in [0.25, 0.3) is 0 Å². The van der Waals surface area contributed by atoms with Gasteiger partial charge in [-0.25, -0.2) is 0 Å². The molecular formula is C18H20BrNO3. The molecule has 0 aromatic heterocycles. The Morgan fingerprint density at radius 3 is 2.52 bits per heavy atom. The van der Waals surface area contributed by atoms with Gasteiger partial charge in [-0.2, -0.15) is 0 Å². The van der Waals surface area contributed by atoms with Crippen molar-refractivity contribution in [3.63, 3.8) is 0 Å². The highest BCUT2D eigenvalue weighted by molar-refractivity contribution is 9.10. The van der Waals surface area contributed by atoms with Crippen LogP contribution < -0.4 is 10.1 Å². The number of esters is 1. The molecule has 0 saturated heterocycles. The second-order valence-electron chi connectivity index (χ2n) is 5.16. The molecule has 0 bridgehead atoms. The van der Waals surface area contributed by atoms with E-state index in [1.807, 2.05) is 61.5 Å². The summed E-state index contributed by atoms with van der Waals surface area (Å²) in [5.74, 6) is 0.527. The molecule has 2 aromatic carbocycles. The first kappa shape index (κ1) is 17.5. The lowest BCUT2D eigenvalue weighted by Gasteiger charge is -2.15. The molecule has 2 aromatic rings. The van der Waals surface area contributed by atoms with Crippen LogP contribution in [0, 0.1) is 0 Å². The Kier molecular flexibility index (Phi) is 7.10. The Balaban J connectivity index is 1.62. The summed E-state index contributed by atoms with van der Waals surface area (Å²) in [4.78, 5) is 11.7. The van der Waals surface area contributed by atoms with Crippen LogP contribution >= 0.6 is 15.9 Å². The molecule has 0 saturated carbocycles. The van der Waals surface area contributed by atoms with Gasteiger partial charge in [0.15, 0.2) is 0 Å². The molecule has 2 rings (SSSR count). The first-order valence-corrected chi connectivity index (χ1v) is 8.25. The van der Waals surface area contributed by atoms with E-state index in [1.54, 1.807) is 0 Å². The van der Waals surface area contributed by atoms with E-state index in [0.717, 1.165) is 15.8 Å². The number of nitrogens with one attached hydrogen (secondary N) is 1. The largest absolute Gasteiger partial charge is 0.489 e. The summed E-state index contributed by atoms with van der Waals surface area (Å²) in [6.45, 7) is 2.98. The van der Waals surface area contributed by atoms with Gasteiger partial charge in [0.2, 0.25) is 0 Å². The van der Waals surface area contributed by atoms with Crippen molar-refractivity contribution < 1.29 is 14.3 Å². The molecule has 0 aliphatic heterocycles. The smallest absolute Gasteiger partial charge is 0.320 e. The molecule has 0 fully saturated rings. The Morgan fingerprint density at radius 1 is 1.13 bits per heavy atom. The SMILES string of the molecule is CC(CNCC(=O)OCc1ccccc1)Oc1ccc(Br)cc1. The molecular weight excluding hydrogens is 358 g/mol. The van der Waals surface area contributed by atoms with E-state index in [9.17, 15) is 4.79 Å². The third-order valence-electron chi connectivity index (χ3n) is 3.09. The molecule has 0 aliphatic carbocycles. The van der Waals surface area contributed by atoms with E-state index in [0.29, 0.717) is 13.2 Å². The summed E-state index contributed by atoms with van der Waals surface area (Å²) in [5, 5.41) is 3.04. The minimum Gasteiger partial charge on any atom is -0.489 e. The third kappa shape index (κ3) is 6.84. The van der Waals surface area contributed by atoms with Gasteiger partial charge in [-0.1, -0.05) is 46.3 Å². The first-order chi connectivity index (χ1) is 11.1. The van der Waals surface area contributed by atoms with Crippen molar-refractivity contribution in [3.05, 3.63) is 64.6 Å². The Bertz CT molecular complexity index is 601. The lowest BCUT2D eigenvalue weighted by Crippen LogP contribution is -2.33. The Hall–Kier alpha value is -1.85. The first-order valence-electron chi connectivity index (χ1n) is 7.46. The number of halogens is 1. The van der Waals surface area contributed by atoms with Crippen molar-refractivity contribution >= 4 is 21.9 Å². The van der Waals surface area contributed by atoms with Crippen molar-refractivity contribution in [3.8, 4) is 5.75 Å². The van der Waals surface area contributed by atoms with Crippen molar-refractivity contribution in [1.82, 2.24) is 5.32 Å². The zero-order valence-electron chi connectivity index (χ0n) is 13.0. The molecule has 1 N–H and O–H groups in total. The van der Waals surface area contributed by atoms with Crippen LogP contribution in [-0.4, -0.2) is 25.2 Å². The molecule has 5 heteroatoms. The number of hydrogen-bond donors (Lipinski definition) is 1. The van der Waals surface area contributed by atoms with Gasteiger partial charge in [0.05, 0.1) is 6.54 Å². The third-order valence-corrected chi connectivity index (χ3v) is 3.62. The maximum absolute atomic E-state index is 11.7. The molecule has 1 atom stereocenters. The predicted octanol–water partition coefficient (Wildman–Crippen LogP) is 3.55.